The Morgan fingerprint density at radius 1 is 1.25 bits per heavy atom. The van der Waals surface area contributed by atoms with Gasteiger partial charge in [-0.05, 0) is 17.7 Å². The van der Waals surface area contributed by atoms with Gasteiger partial charge in [-0.2, -0.15) is 13.2 Å². The van der Waals surface area contributed by atoms with Crippen LogP contribution in [0.3, 0.4) is 0 Å². The summed E-state index contributed by atoms with van der Waals surface area (Å²) in [5.41, 5.74) is -0.649. The van der Waals surface area contributed by atoms with Crippen LogP contribution in [0.1, 0.15) is 34.7 Å². The van der Waals surface area contributed by atoms with E-state index in [1.807, 2.05) is 0 Å². The molecule has 1 unspecified atom stereocenters. The third kappa shape index (κ3) is 3.43. The maximum absolute atomic E-state index is 12.7. The number of aliphatic hydroxyl groups is 1. The van der Waals surface area contributed by atoms with E-state index in [0.717, 1.165) is 12.1 Å². The highest BCUT2D eigenvalue weighted by atomic mass is 19.4. The average molecular weight is 339 g/mol. The summed E-state index contributed by atoms with van der Waals surface area (Å²) >= 11 is 0. The van der Waals surface area contributed by atoms with Gasteiger partial charge in [-0.1, -0.05) is 17.3 Å². The summed E-state index contributed by atoms with van der Waals surface area (Å²) in [5, 5.41) is 25.3. The van der Waals surface area contributed by atoms with Crippen LogP contribution in [-0.4, -0.2) is 30.3 Å². The summed E-state index contributed by atoms with van der Waals surface area (Å²) in [6.07, 6.45) is -4.40. The minimum Gasteiger partial charge on any atom is -0.424 e. The Balaban J connectivity index is 1.79. The number of aryl methyl sites for hydroxylation is 1. The van der Waals surface area contributed by atoms with Gasteiger partial charge in [0.15, 0.2) is 0 Å². The number of aliphatic hydroxyl groups excluding tert-OH is 1. The molecule has 0 fully saturated rings. The van der Waals surface area contributed by atoms with Gasteiger partial charge >= 0.3 is 6.18 Å². The van der Waals surface area contributed by atoms with Gasteiger partial charge in [-0.25, -0.2) is 4.68 Å². The molecule has 2 heterocycles. The number of benzene rings is 1. The largest absolute Gasteiger partial charge is 0.424 e. The summed E-state index contributed by atoms with van der Waals surface area (Å²) in [7, 11) is 0. The van der Waals surface area contributed by atoms with Crippen molar-refractivity contribution in [2.45, 2.75) is 25.7 Å². The minimum absolute atomic E-state index is 0.0745. The van der Waals surface area contributed by atoms with Gasteiger partial charge in [0.25, 0.3) is 0 Å². The maximum atomic E-state index is 12.7. The predicted octanol–water partition coefficient (Wildman–Crippen LogP) is 2.12. The molecule has 0 aliphatic rings. The van der Waals surface area contributed by atoms with Crippen molar-refractivity contribution in [3.63, 3.8) is 0 Å². The summed E-state index contributed by atoms with van der Waals surface area (Å²) in [6, 6.07) is 4.43. The van der Waals surface area contributed by atoms with Gasteiger partial charge < -0.3 is 9.52 Å². The lowest BCUT2D eigenvalue weighted by atomic mass is 10.0. The molecule has 0 spiro atoms. The van der Waals surface area contributed by atoms with Crippen molar-refractivity contribution in [1.29, 1.82) is 0 Å². The standard InChI is InChI=1S/C14H12F3N5O2/c1-8-18-20-12(24-8)7-22-6-11(19-21-22)13(23)9-3-2-4-10(5-9)14(15,16)17/h2-6,13,23H,7H2,1H3. The van der Waals surface area contributed by atoms with Crippen LogP contribution in [0, 0.1) is 6.92 Å². The van der Waals surface area contributed by atoms with Crippen LogP contribution >= 0.6 is 0 Å². The molecule has 0 aliphatic carbocycles. The monoisotopic (exact) mass is 339 g/mol. The third-order valence-electron chi connectivity index (χ3n) is 3.23. The molecule has 0 radical (unpaired) electrons. The number of hydrogen-bond donors (Lipinski definition) is 1. The first-order valence-corrected chi connectivity index (χ1v) is 6.87. The number of hydrogen-bond acceptors (Lipinski definition) is 6. The highest BCUT2D eigenvalue weighted by Gasteiger charge is 2.31. The summed E-state index contributed by atoms with van der Waals surface area (Å²) in [4.78, 5) is 0. The second-order valence-electron chi connectivity index (χ2n) is 5.08. The molecule has 7 nitrogen and oxygen atoms in total. The third-order valence-corrected chi connectivity index (χ3v) is 3.23. The summed E-state index contributed by atoms with van der Waals surface area (Å²) in [5.74, 6) is 0.701. The van der Waals surface area contributed by atoms with E-state index in [1.165, 1.54) is 23.0 Å². The van der Waals surface area contributed by atoms with E-state index >= 15 is 0 Å². The van der Waals surface area contributed by atoms with E-state index < -0.39 is 17.8 Å². The Morgan fingerprint density at radius 2 is 2.04 bits per heavy atom. The van der Waals surface area contributed by atoms with Gasteiger partial charge in [-0.3, -0.25) is 0 Å². The molecular weight excluding hydrogens is 327 g/mol. The van der Waals surface area contributed by atoms with Crippen LogP contribution in [-0.2, 0) is 12.7 Å². The average Bonchev–Trinajstić information content (AvgIpc) is 3.15. The molecule has 2 aromatic heterocycles. The molecule has 0 saturated carbocycles. The Hall–Kier alpha value is -2.75. The highest BCUT2D eigenvalue weighted by molar-refractivity contribution is 5.30. The first-order chi connectivity index (χ1) is 11.3. The van der Waals surface area contributed by atoms with E-state index in [1.54, 1.807) is 6.92 Å². The molecule has 1 aromatic carbocycles. The molecule has 0 bridgehead atoms. The van der Waals surface area contributed by atoms with Crippen LogP contribution in [0.2, 0.25) is 0 Å². The van der Waals surface area contributed by atoms with Gasteiger partial charge in [-0.15, -0.1) is 15.3 Å². The molecule has 0 aliphatic heterocycles. The van der Waals surface area contributed by atoms with E-state index in [2.05, 4.69) is 20.5 Å². The Bertz CT molecular complexity index is 843. The molecule has 10 heteroatoms. The lowest BCUT2D eigenvalue weighted by molar-refractivity contribution is -0.137. The Morgan fingerprint density at radius 3 is 2.71 bits per heavy atom. The second kappa shape index (κ2) is 6.04. The van der Waals surface area contributed by atoms with E-state index in [-0.39, 0.29) is 17.8 Å². The molecule has 0 amide bonds. The Labute approximate surface area is 133 Å². The van der Waals surface area contributed by atoms with Gasteiger partial charge in [0.2, 0.25) is 11.8 Å². The quantitative estimate of drug-likeness (QED) is 0.783. The number of aromatic nitrogens is 5. The lowest BCUT2D eigenvalue weighted by Gasteiger charge is -2.11. The second-order valence-corrected chi connectivity index (χ2v) is 5.08. The first-order valence-electron chi connectivity index (χ1n) is 6.87. The smallest absolute Gasteiger partial charge is 0.416 e. The fourth-order valence-corrected chi connectivity index (χ4v) is 2.11. The van der Waals surface area contributed by atoms with Crippen molar-refractivity contribution in [2.24, 2.45) is 0 Å². The normalized spacial score (nSPS) is 13.2. The van der Waals surface area contributed by atoms with Crippen molar-refractivity contribution >= 4 is 0 Å². The van der Waals surface area contributed by atoms with Crippen LogP contribution in [0.5, 0.6) is 0 Å². The van der Waals surface area contributed by atoms with E-state index in [9.17, 15) is 18.3 Å². The fourth-order valence-electron chi connectivity index (χ4n) is 2.11. The molecule has 0 saturated heterocycles. The van der Waals surface area contributed by atoms with Crippen LogP contribution in [0.25, 0.3) is 0 Å². The van der Waals surface area contributed by atoms with Crippen molar-refractivity contribution in [1.82, 2.24) is 25.2 Å². The molecule has 126 valence electrons. The summed E-state index contributed by atoms with van der Waals surface area (Å²) in [6.45, 7) is 1.78. The molecule has 3 rings (SSSR count). The van der Waals surface area contributed by atoms with Crippen LogP contribution in [0.15, 0.2) is 34.9 Å². The Kier molecular flexibility index (Phi) is 4.06. The van der Waals surface area contributed by atoms with Crippen molar-refractivity contribution < 1.29 is 22.7 Å². The fraction of sp³-hybridized carbons (Fsp3) is 0.286. The zero-order valence-corrected chi connectivity index (χ0v) is 12.4. The number of nitrogens with zero attached hydrogens (tertiary/aromatic N) is 5. The number of halogens is 3. The van der Waals surface area contributed by atoms with Crippen LogP contribution in [0.4, 0.5) is 13.2 Å². The van der Waals surface area contributed by atoms with Crippen molar-refractivity contribution in [3.05, 3.63) is 59.1 Å². The summed E-state index contributed by atoms with van der Waals surface area (Å²) < 4.78 is 44.8. The zero-order chi connectivity index (χ0) is 17.3. The van der Waals surface area contributed by atoms with Gasteiger partial charge in [0.1, 0.15) is 18.3 Å². The van der Waals surface area contributed by atoms with Crippen molar-refractivity contribution in [2.75, 3.05) is 0 Å². The zero-order valence-electron chi connectivity index (χ0n) is 12.4. The van der Waals surface area contributed by atoms with E-state index in [4.69, 9.17) is 4.42 Å². The molecule has 3 aromatic rings. The van der Waals surface area contributed by atoms with Crippen molar-refractivity contribution in [3.8, 4) is 0 Å². The topological polar surface area (TPSA) is 89.9 Å². The predicted molar refractivity (Wildman–Crippen MR) is 73.7 cm³/mol. The van der Waals surface area contributed by atoms with Gasteiger partial charge in [0, 0.05) is 6.92 Å². The minimum atomic E-state index is -4.48. The number of alkyl halides is 3. The first kappa shape index (κ1) is 16.1. The van der Waals surface area contributed by atoms with Crippen LogP contribution < -0.4 is 0 Å². The molecule has 1 atom stereocenters. The number of rotatable bonds is 4. The highest BCUT2D eigenvalue weighted by Crippen LogP contribution is 2.31. The molecule has 24 heavy (non-hydrogen) atoms. The lowest BCUT2D eigenvalue weighted by Crippen LogP contribution is -2.07. The SMILES string of the molecule is Cc1nnc(Cn2cc(C(O)c3cccc(C(F)(F)F)c3)nn2)o1. The maximum Gasteiger partial charge on any atom is 0.416 e. The van der Waals surface area contributed by atoms with E-state index in [0.29, 0.717) is 11.8 Å². The molecule has 1 N–H and O–H groups in total. The van der Waals surface area contributed by atoms with Gasteiger partial charge in [0.05, 0.1) is 11.8 Å². The molecular formula is C14H12F3N5O2.